The van der Waals surface area contributed by atoms with Crippen molar-refractivity contribution in [2.45, 2.75) is 6.92 Å². The predicted octanol–water partition coefficient (Wildman–Crippen LogP) is 6.18. The van der Waals surface area contributed by atoms with E-state index in [1.54, 1.807) is 23.5 Å². The summed E-state index contributed by atoms with van der Waals surface area (Å²) < 4.78 is 13.1. The number of aryl methyl sites for hydroxylation is 1. The van der Waals surface area contributed by atoms with E-state index in [4.69, 9.17) is 11.6 Å². The summed E-state index contributed by atoms with van der Waals surface area (Å²) in [5.41, 5.74) is 4.21. The van der Waals surface area contributed by atoms with Crippen molar-refractivity contribution in [2.24, 2.45) is 0 Å². The largest absolute Gasteiger partial charge is 0.207 e. The van der Waals surface area contributed by atoms with Crippen LogP contribution in [-0.4, -0.2) is 0 Å². The minimum absolute atomic E-state index is 0.241. The fourth-order valence-electron chi connectivity index (χ4n) is 2.27. The second-order valence-electron chi connectivity index (χ2n) is 4.60. The van der Waals surface area contributed by atoms with Gasteiger partial charge in [-0.25, -0.2) is 4.39 Å². The highest BCUT2D eigenvalue weighted by Crippen LogP contribution is 2.40. The fourth-order valence-corrected chi connectivity index (χ4v) is 3.51. The molecule has 0 atom stereocenters. The Morgan fingerprint density at radius 2 is 1.75 bits per heavy atom. The summed E-state index contributed by atoms with van der Waals surface area (Å²) in [6.07, 6.45) is 0. The van der Waals surface area contributed by atoms with E-state index >= 15 is 0 Å². The lowest BCUT2D eigenvalue weighted by Gasteiger charge is -2.11. The van der Waals surface area contributed by atoms with Gasteiger partial charge in [0.25, 0.3) is 0 Å². The van der Waals surface area contributed by atoms with Gasteiger partial charge >= 0.3 is 0 Å². The first kappa shape index (κ1) is 13.3. The van der Waals surface area contributed by atoms with Crippen molar-refractivity contribution in [1.82, 2.24) is 0 Å². The van der Waals surface area contributed by atoms with Crippen LogP contribution in [-0.2, 0) is 0 Å². The van der Waals surface area contributed by atoms with Gasteiger partial charge in [-0.2, -0.15) is 0 Å². The zero-order valence-corrected chi connectivity index (χ0v) is 12.4. The molecule has 3 aromatic rings. The summed E-state index contributed by atoms with van der Waals surface area (Å²) in [4.78, 5) is 1.20. The molecule has 0 spiro atoms. The van der Waals surface area contributed by atoms with Gasteiger partial charge in [-0.3, -0.25) is 0 Å². The minimum atomic E-state index is -0.241. The number of thiophene rings is 1. The van der Waals surface area contributed by atoms with E-state index in [-0.39, 0.29) is 5.82 Å². The lowest BCUT2D eigenvalue weighted by molar-refractivity contribution is 0.628. The monoisotopic (exact) mass is 302 g/mol. The van der Waals surface area contributed by atoms with Crippen LogP contribution in [0.2, 0.25) is 5.02 Å². The molecule has 0 bridgehead atoms. The molecular weight excluding hydrogens is 291 g/mol. The van der Waals surface area contributed by atoms with Crippen LogP contribution in [0, 0.1) is 12.7 Å². The van der Waals surface area contributed by atoms with E-state index in [0.29, 0.717) is 5.02 Å². The van der Waals surface area contributed by atoms with Gasteiger partial charge < -0.3 is 0 Å². The number of benzene rings is 2. The van der Waals surface area contributed by atoms with Gasteiger partial charge in [0.15, 0.2) is 0 Å². The number of hydrogen-bond donors (Lipinski definition) is 0. The molecule has 3 rings (SSSR count). The van der Waals surface area contributed by atoms with Crippen LogP contribution in [0.15, 0.2) is 53.9 Å². The average Bonchev–Trinajstić information content (AvgIpc) is 2.86. The van der Waals surface area contributed by atoms with Gasteiger partial charge in [0.2, 0.25) is 0 Å². The Morgan fingerprint density at radius 1 is 1.00 bits per heavy atom. The van der Waals surface area contributed by atoms with E-state index in [1.165, 1.54) is 22.6 Å². The van der Waals surface area contributed by atoms with Crippen LogP contribution >= 0.6 is 22.9 Å². The maximum atomic E-state index is 13.1. The van der Waals surface area contributed by atoms with Gasteiger partial charge in [0.1, 0.15) is 5.82 Å². The topological polar surface area (TPSA) is 0 Å². The Hall–Kier alpha value is -1.64. The lowest BCUT2D eigenvalue weighted by Crippen LogP contribution is -1.86. The maximum absolute atomic E-state index is 13.1. The van der Waals surface area contributed by atoms with E-state index in [1.807, 2.05) is 12.1 Å². The normalized spacial score (nSPS) is 10.8. The van der Waals surface area contributed by atoms with Crippen LogP contribution in [0.1, 0.15) is 5.56 Å². The lowest BCUT2D eigenvalue weighted by atomic mass is 9.97. The highest BCUT2D eigenvalue weighted by molar-refractivity contribution is 7.13. The van der Waals surface area contributed by atoms with Gasteiger partial charge in [0.05, 0.1) is 0 Å². The van der Waals surface area contributed by atoms with Crippen molar-refractivity contribution >= 4 is 22.9 Å². The predicted molar refractivity (Wildman–Crippen MR) is 84.9 cm³/mol. The van der Waals surface area contributed by atoms with Crippen LogP contribution in [0.5, 0.6) is 0 Å². The number of halogens is 2. The van der Waals surface area contributed by atoms with Gasteiger partial charge in [-0.1, -0.05) is 35.9 Å². The molecular formula is C17H12ClFS. The Bertz CT molecular complexity index is 744. The van der Waals surface area contributed by atoms with E-state index in [9.17, 15) is 4.39 Å². The molecule has 3 heteroatoms. The molecule has 0 saturated carbocycles. The third kappa shape index (κ3) is 2.37. The first-order valence-electron chi connectivity index (χ1n) is 6.26. The molecule has 0 unspecified atom stereocenters. The zero-order chi connectivity index (χ0) is 14.1. The van der Waals surface area contributed by atoms with E-state index < -0.39 is 0 Å². The van der Waals surface area contributed by atoms with Crippen LogP contribution in [0.4, 0.5) is 4.39 Å². The smallest absolute Gasteiger partial charge is 0.123 e. The Kier molecular flexibility index (Phi) is 3.60. The molecule has 0 fully saturated rings. The number of hydrogen-bond acceptors (Lipinski definition) is 1. The molecule has 0 aliphatic rings. The van der Waals surface area contributed by atoms with Gasteiger partial charge in [0, 0.05) is 21.0 Å². The molecule has 2 aromatic carbocycles. The highest BCUT2D eigenvalue weighted by atomic mass is 35.5. The van der Waals surface area contributed by atoms with E-state index in [0.717, 1.165) is 16.7 Å². The molecule has 20 heavy (non-hydrogen) atoms. The van der Waals surface area contributed by atoms with Crippen molar-refractivity contribution in [3.63, 3.8) is 0 Å². The maximum Gasteiger partial charge on any atom is 0.123 e. The molecule has 0 aliphatic carbocycles. The third-order valence-electron chi connectivity index (χ3n) is 3.25. The molecule has 1 aromatic heterocycles. The fraction of sp³-hybridized carbons (Fsp3) is 0.0588. The molecule has 100 valence electrons. The second kappa shape index (κ2) is 5.39. The summed E-state index contributed by atoms with van der Waals surface area (Å²) in [5, 5.41) is 2.75. The molecule has 0 aliphatic heterocycles. The minimum Gasteiger partial charge on any atom is -0.207 e. The Balaban J connectivity index is 2.25. The summed E-state index contributed by atoms with van der Waals surface area (Å²) in [6, 6.07) is 14.4. The van der Waals surface area contributed by atoms with Crippen LogP contribution in [0.3, 0.4) is 0 Å². The molecule has 0 radical (unpaired) electrons. The summed E-state index contributed by atoms with van der Waals surface area (Å²) in [7, 11) is 0. The van der Waals surface area contributed by atoms with Crippen molar-refractivity contribution < 1.29 is 4.39 Å². The molecule has 0 saturated heterocycles. The molecule has 0 amide bonds. The average molecular weight is 303 g/mol. The van der Waals surface area contributed by atoms with Gasteiger partial charge in [-0.05, 0) is 47.7 Å². The quantitative estimate of drug-likeness (QED) is 0.530. The van der Waals surface area contributed by atoms with Crippen molar-refractivity contribution in [3.8, 4) is 21.6 Å². The summed E-state index contributed by atoms with van der Waals surface area (Å²) in [6.45, 7) is 2.08. The summed E-state index contributed by atoms with van der Waals surface area (Å²) >= 11 is 8.07. The molecule has 0 nitrogen and oxygen atoms in total. The number of rotatable bonds is 2. The second-order valence-corrected chi connectivity index (χ2v) is 5.93. The third-order valence-corrected chi connectivity index (χ3v) is 4.62. The van der Waals surface area contributed by atoms with Gasteiger partial charge in [-0.15, -0.1) is 11.3 Å². The van der Waals surface area contributed by atoms with E-state index in [2.05, 4.69) is 24.4 Å². The molecule has 1 heterocycles. The standard InChI is InChI=1S/C17H12ClFS/c1-11-9-10-20-17(11)14-3-2-4-15(18)16(14)12-5-7-13(19)8-6-12/h2-10H,1H3. The first-order valence-corrected chi connectivity index (χ1v) is 7.51. The SMILES string of the molecule is Cc1ccsc1-c1cccc(Cl)c1-c1ccc(F)cc1. The zero-order valence-electron chi connectivity index (χ0n) is 10.9. The summed E-state index contributed by atoms with van der Waals surface area (Å²) in [5.74, 6) is -0.241. The van der Waals surface area contributed by atoms with Crippen molar-refractivity contribution in [3.05, 3.63) is 70.3 Å². The Labute approximate surface area is 126 Å². The Morgan fingerprint density at radius 3 is 2.40 bits per heavy atom. The van der Waals surface area contributed by atoms with Crippen LogP contribution in [0.25, 0.3) is 21.6 Å². The highest BCUT2D eigenvalue weighted by Gasteiger charge is 2.13. The first-order chi connectivity index (χ1) is 9.66. The molecule has 0 N–H and O–H groups in total. The van der Waals surface area contributed by atoms with Crippen molar-refractivity contribution in [2.75, 3.05) is 0 Å². The van der Waals surface area contributed by atoms with Crippen molar-refractivity contribution in [1.29, 1.82) is 0 Å². The van der Waals surface area contributed by atoms with Crippen LogP contribution < -0.4 is 0 Å².